The molecule has 1 fully saturated rings. The van der Waals surface area contributed by atoms with Crippen molar-refractivity contribution in [1.29, 1.82) is 0 Å². The van der Waals surface area contributed by atoms with Crippen molar-refractivity contribution in [2.75, 3.05) is 25.1 Å². The molecule has 1 saturated heterocycles. The van der Waals surface area contributed by atoms with Crippen molar-refractivity contribution in [2.45, 2.75) is 6.10 Å². The van der Waals surface area contributed by atoms with Gasteiger partial charge >= 0.3 is 0 Å². The minimum absolute atomic E-state index is 0.0313. The van der Waals surface area contributed by atoms with E-state index in [1.54, 1.807) is 11.4 Å². The molecular weight excluding hydrogens is 331 g/mol. The van der Waals surface area contributed by atoms with E-state index in [-0.39, 0.29) is 17.5 Å². The minimum Gasteiger partial charge on any atom is -0.376 e. The molecule has 0 saturated carbocycles. The number of thiazole rings is 1. The Morgan fingerprint density at radius 3 is 3.05 bits per heavy atom. The van der Waals surface area contributed by atoms with Gasteiger partial charge in [0.1, 0.15) is 5.82 Å². The quantitative estimate of drug-likeness (QED) is 0.931. The molecule has 0 aliphatic carbocycles. The van der Waals surface area contributed by atoms with Crippen LogP contribution in [0.5, 0.6) is 0 Å². The number of benzene rings is 1. The standard InChI is InChI=1S/C14H12ClFN2O3S/c15-9-5-8(1-2-10(9)16)11-7-22-14(17-11)18-13(19)12-6-20-3-4-21-12/h1-2,5,7,12H,3-4,6H2,(H,17,18,19). The lowest BCUT2D eigenvalue weighted by Gasteiger charge is -2.21. The number of ether oxygens (including phenoxy) is 2. The molecule has 1 aliphatic heterocycles. The van der Waals surface area contributed by atoms with Gasteiger partial charge in [-0.2, -0.15) is 0 Å². The van der Waals surface area contributed by atoms with E-state index in [9.17, 15) is 9.18 Å². The minimum atomic E-state index is -0.624. The van der Waals surface area contributed by atoms with Gasteiger partial charge in [-0.05, 0) is 18.2 Å². The summed E-state index contributed by atoms with van der Waals surface area (Å²) < 4.78 is 23.7. The van der Waals surface area contributed by atoms with Gasteiger partial charge in [-0.15, -0.1) is 11.3 Å². The third-order valence-corrected chi connectivity index (χ3v) is 4.11. The number of hydrogen-bond donors (Lipinski definition) is 1. The molecule has 116 valence electrons. The molecular formula is C14H12ClFN2O3S. The Balaban J connectivity index is 1.70. The zero-order chi connectivity index (χ0) is 15.5. The summed E-state index contributed by atoms with van der Waals surface area (Å²) in [5.41, 5.74) is 1.29. The van der Waals surface area contributed by atoms with E-state index >= 15 is 0 Å². The van der Waals surface area contributed by atoms with Gasteiger partial charge in [0.25, 0.3) is 5.91 Å². The Kier molecular flexibility index (Phi) is 4.68. The maximum absolute atomic E-state index is 13.2. The molecule has 0 bridgehead atoms. The van der Waals surface area contributed by atoms with Crippen LogP contribution in [0.2, 0.25) is 5.02 Å². The Bertz CT molecular complexity index is 688. The number of amides is 1. The summed E-state index contributed by atoms with van der Waals surface area (Å²) >= 11 is 7.03. The van der Waals surface area contributed by atoms with Gasteiger partial charge in [-0.3, -0.25) is 10.1 Å². The fraction of sp³-hybridized carbons (Fsp3) is 0.286. The van der Waals surface area contributed by atoms with Crippen LogP contribution in [-0.4, -0.2) is 36.8 Å². The molecule has 1 aromatic heterocycles. The number of rotatable bonds is 3. The average Bonchev–Trinajstić information content (AvgIpc) is 2.99. The Hall–Kier alpha value is -1.54. The van der Waals surface area contributed by atoms with E-state index in [4.69, 9.17) is 21.1 Å². The van der Waals surface area contributed by atoms with Crippen molar-refractivity contribution in [1.82, 2.24) is 4.98 Å². The van der Waals surface area contributed by atoms with Gasteiger partial charge < -0.3 is 9.47 Å². The highest BCUT2D eigenvalue weighted by Crippen LogP contribution is 2.28. The SMILES string of the molecule is O=C(Nc1nc(-c2ccc(F)c(Cl)c2)cs1)C1COCCO1. The first-order valence-electron chi connectivity index (χ1n) is 6.54. The summed E-state index contributed by atoms with van der Waals surface area (Å²) in [4.78, 5) is 16.3. The van der Waals surface area contributed by atoms with Crippen molar-refractivity contribution < 1.29 is 18.7 Å². The summed E-state index contributed by atoms with van der Waals surface area (Å²) in [6, 6.07) is 4.36. The third-order valence-electron chi connectivity index (χ3n) is 3.06. The zero-order valence-corrected chi connectivity index (χ0v) is 12.9. The van der Waals surface area contributed by atoms with Crippen LogP contribution in [0.3, 0.4) is 0 Å². The van der Waals surface area contributed by atoms with Crippen molar-refractivity contribution in [2.24, 2.45) is 0 Å². The molecule has 0 spiro atoms. The van der Waals surface area contributed by atoms with Crippen molar-refractivity contribution in [3.05, 3.63) is 34.4 Å². The topological polar surface area (TPSA) is 60.5 Å². The number of nitrogens with zero attached hydrogens (tertiary/aromatic N) is 1. The predicted molar refractivity (Wildman–Crippen MR) is 81.7 cm³/mol. The zero-order valence-electron chi connectivity index (χ0n) is 11.3. The lowest BCUT2D eigenvalue weighted by Crippen LogP contribution is -2.39. The average molecular weight is 343 g/mol. The van der Waals surface area contributed by atoms with Crippen molar-refractivity contribution >= 4 is 34.0 Å². The van der Waals surface area contributed by atoms with Crippen molar-refractivity contribution in [3.8, 4) is 11.3 Å². The van der Waals surface area contributed by atoms with E-state index in [2.05, 4.69) is 10.3 Å². The maximum Gasteiger partial charge on any atom is 0.257 e. The molecule has 22 heavy (non-hydrogen) atoms. The van der Waals surface area contributed by atoms with E-state index in [0.29, 0.717) is 29.6 Å². The number of nitrogens with one attached hydrogen (secondary N) is 1. The van der Waals surface area contributed by atoms with Gasteiger partial charge in [-0.1, -0.05) is 11.6 Å². The molecule has 0 radical (unpaired) electrons. The van der Waals surface area contributed by atoms with Crippen LogP contribution >= 0.6 is 22.9 Å². The van der Waals surface area contributed by atoms with Crippen LogP contribution in [0.1, 0.15) is 0 Å². The monoisotopic (exact) mass is 342 g/mol. The summed E-state index contributed by atoms with van der Waals surface area (Å²) in [5, 5.41) is 4.92. The van der Waals surface area contributed by atoms with Crippen LogP contribution < -0.4 is 5.32 Å². The van der Waals surface area contributed by atoms with Crippen molar-refractivity contribution in [3.63, 3.8) is 0 Å². The van der Waals surface area contributed by atoms with Crippen LogP contribution in [0.25, 0.3) is 11.3 Å². The molecule has 2 aromatic rings. The highest BCUT2D eigenvalue weighted by Gasteiger charge is 2.23. The van der Waals surface area contributed by atoms with Gasteiger partial charge in [0.15, 0.2) is 11.2 Å². The Labute approximate surface area is 135 Å². The summed E-state index contributed by atoms with van der Waals surface area (Å²) in [6.45, 7) is 1.13. The largest absolute Gasteiger partial charge is 0.376 e. The predicted octanol–water partition coefficient (Wildman–Crippen LogP) is 2.96. The molecule has 2 heterocycles. The molecule has 5 nitrogen and oxygen atoms in total. The lowest BCUT2D eigenvalue weighted by molar-refractivity contribution is -0.142. The van der Waals surface area contributed by atoms with Gasteiger partial charge in [0, 0.05) is 10.9 Å². The number of carbonyl (C=O) groups is 1. The fourth-order valence-electron chi connectivity index (χ4n) is 1.94. The van der Waals surface area contributed by atoms with Crippen LogP contribution in [0.4, 0.5) is 9.52 Å². The molecule has 3 rings (SSSR count). The normalized spacial score (nSPS) is 18.2. The van der Waals surface area contributed by atoms with Gasteiger partial charge in [0.05, 0.1) is 30.5 Å². The summed E-state index contributed by atoms with van der Waals surface area (Å²) in [7, 11) is 0. The molecule has 1 unspecified atom stereocenters. The van der Waals surface area contributed by atoms with Crippen LogP contribution in [0, 0.1) is 5.82 Å². The molecule has 1 aliphatic rings. The molecule has 8 heteroatoms. The lowest BCUT2D eigenvalue weighted by atomic mass is 10.2. The smallest absolute Gasteiger partial charge is 0.257 e. The molecule has 1 N–H and O–H groups in total. The van der Waals surface area contributed by atoms with E-state index < -0.39 is 11.9 Å². The maximum atomic E-state index is 13.2. The Morgan fingerprint density at radius 2 is 2.32 bits per heavy atom. The van der Waals surface area contributed by atoms with Gasteiger partial charge in [0.2, 0.25) is 0 Å². The van der Waals surface area contributed by atoms with Crippen LogP contribution in [-0.2, 0) is 14.3 Å². The summed E-state index contributed by atoms with van der Waals surface area (Å²) in [6.07, 6.45) is -0.624. The van der Waals surface area contributed by atoms with Crippen LogP contribution in [0.15, 0.2) is 23.6 Å². The second kappa shape index (κ2) is 6.70. The first kappa shape index (κ1) is 15.4. The first-order chi connectivity index (χ1) is 10.6. The van der Waals surface area contributed by atoms with E-state index in [0.717, 1.165) is 0 Å². The van der Waals surface area contributed by atoms with Gasteiger partial charge in [-0.25, -0.2) is 9.37 Å². The molecule has 1 amide bonds. The number of halogens is 2. The number of hydrogen-bond acceptors (Lipinski definition) is 5. The first-order valence-corrected chi connectivity index (χ1v) is 7.80. The summed E-state index contributed by atoms with van der Waals surface area (Å²) in [5.74, 6) is -0.777. The molecule has 1 aromatic carbocycles. The number of anilines is 1. The van der Waals surface area contributed by atoms with E-state index in [1.165, 1.54) is 23.5 Å². The Morgan fingerprint density at radius 1 is 1.45 bits per heavy atom. The highest BCUT2D eigenvalue weighted by molar-refractivity contribution is 7.14. The second-order valence-corrected chi connectivity index (χ2v) is 5.86. The second-order valence-electron chi connectivity index (χ2n) is 4.59. The third kappa shape index (κ3) is 3.44. The number of aromatic nitrogens is 1. The van der Waals surface area contributed by atoms with E-state index in [1.807, 2.05) is 0 Å². The number of carbonyl (C=O) groups excluding carboxylic acids is 1. The highest BCUT2D eigenvalue weighted by atomic mass is 35.5. The molecule has 1 atom stereocenters. The fourth-order valence-corrected chi connectivity index (χ4v) is 2.85.